The van der Waals surface area contributed by atoms with Crippen LogP contribution in [0.25, 0.3) is 6.08 Å². The van der Waals surface area contributed by atoms with Crippen LogP contribution in [0.1, 0.15) is 35.7 Å². The van der Waals surface area contributed by atoms with E-state index in [2.05, 4.69) is 12.2 Å². The third kappa shape index (κ3) is 3.95. The van der Waals surface area contributed by atoms with Gasteiger partial charge in [0.1, 0.15) is 0 Å². The van der Waals surface area contributed by atoms with Crippen molar-refractivity contribution in [1.29, 1.82) is 0 Å². The van der Waals surface area contributed by atoms with Gasteiger partial charge in [-0.3, -0.25) is 4.79 Å². The molecule has 1 fully saturated rings. The molecule has 0 aromatic heterocycles. The Morgan fingerprint density at radius 3 is 2.47 bits per heavy atom. The zero-order valence-electron chi connectivity index (χ0n) is 10.8. The van der Waals surface area contributed by atoms with Crippen molar-refractivity contribution in [3.05, 3.63) is 41.5 Å². The Hall–Kier alpha value is -2.10. The lowest BCUT2D eigenvalue weighted by molar-refractivity contribution is -0.131. The Morgan fingerprint density at radius 2 is 1.95 bits per heavy atom. The number of rotatable bonds is 5. The van der Waals surface area contributed by atoms with Crippen molar-refractivity contribution in [2.45, 2.75) is 19.8 Å². The number of carboxylic acid groups (broad SMARTS) is 1. The standard InChI is InChI=1S/C15H17NO3/c1-15(8-9-15)10-16-14(19)12-5-2-11(3-6-12)4-7-13(17)18/h2-7H,8-10H2,1H3,(H,16,19)(H,17,18)/b7-4+. The smallest absolute Gasteiger partial charge is 0.328 e. The van der Waals surface area contributed by atoms with Gasteiger partial charge in [-0.25, -0.2) is 4.79 Å². The maximum absolute atomic E-state index is 11.9. The second-order valence-corrected chi connectivity index (χ2v) is 5.29. The Kier molecular flexibility index (Phi) is 3.69. The van der Waals surface area contributed by atoms with Crippen LogP contribution in [-0.4, -0.2) is 23.5 Å². The van der Waals surface area contributed by atoms with Crippen LogP contribution in [0.15, 0.2) is 30.3 Å². The molecule has 1 aromatic rings. The molecular weight excluding hydrogens is 242 g/mol. The van der Waals surface area contributed by atoms with Crippen LogP contribution in [0.4, 0.5) is 0 Å². The molecule has 0 radical (unpaired) electrons. The number of carbonyl (C=O) groups excluding carboxylic acids is 1. The first-order valence-corrected chi connectivity index (χ1v) is 6.28. The number of aliphatic carboxylic acids is 1. The molecule has 1 aliphatic carbocycles. The molecule has 0 aliphatic heterocycles. The number of carbonyl (C=O) groups is 2. The molecule has 0 heterocycles. The van der Waals surface area contributed by atoms with Crippen LogP contribution < -0.4 is 5.32 Å². The number of nitrogens with one attached hydrogen (secondary N) is 1. The highest BCUT2D eigenvalue weighted by Crippen LogP contribution is 2.44. The molecule has 1 amide bonds. The quantitative estimate of drug-likeness (QED) is 0.797. The van der Waals surface area contributed by atoms with Gasteiger partial charge in [0.05, 0.1) is 0 Å². The lowest BCUT2D eigenvalue weighted by Gasteiger charge is -2.10. The number of hydrogen-bond donors (Lipinski definition) is 2. The average molecular weight is 259 g/mol. The van der Waals surface area contributed by atoms with E-state index in [1.165, 1.54) is 18.9 Å². The van der Waals surface area contributed by atoms with E-state index in [-0.39, 0.29) is 5.91 Å². The Bertz CT molecular complexity index is 513. The number of hydrogen-bond acceptors (Lipinski definition) is 2. The zero-order valence-corrected chi connectivity index (χ0v) is 10.8. The minimum atomic E-state index is -0.987. The van der Waals surface area contributed by atoms with Crippen LogP contribution >= 0.6 is 0 Å². The first-order chi connectivity index (χ1) is 8.98. The second kappa shape index (κ2) is 5.26. The number of amides is 1. The lowest BCUT2D eigenvalue weighted by Crippen LogP contribution is -2.28. The number of carboxylic acids is 1. The van der Waals surface area contributed by atoms with E-state index in [0.29, 0.717) is 17.5 Å². The minimum absolute atomic E-state index is 0.0816. The Morgan fingerprint density at radius 1 is 1.32 bits per heavy atom. The molecule has 4 heteroatoms. The molecule has 19 heavy (non-hydrogen) atoms. The van der Waals surface area contributed by atoms with Crippen molar-refractivity contribution in [1.82, 2.24) is 5.32 Å². The molecule has 0 unspecified atom stereocenters. The molecule has 100 valence electrons. The van der Waals surface area contributed by atoms with Crippen molar-refractivity contribution in [3.63, 3.8) is 0 Å². The normalized spacial score (nSPS) is 16.3. The predicted octanol–water partition coefficient (Wildman–Crippen LogP) is 2.31. The van der Waals surface area contributed by atoms with Gasteiger partial charge >= 0.3 is 5.97 Å². The van der Waals surface area contributed by atoms with E-state index in [1.54, 1.807) is 24.3 Å². The summed E-state index contributed by atoms with van der Waals surface area (Å²) in [4.78, 5) is 22.3. The van der Waals surface area contributed by atoms with E-state index in [0.717, 1.165) is 11.6 Å². The van der Waals surface area contributed by atoms with E-state index >= 15 is 0 Å². The SMILES string of the molecule is CC1(CNC(=O)c2ccc(/C=C/C(=O)O)cc2)CC1. The van der Waals surface area contributed by atoms with Crippen LogP contribution in [0.3, 0.4) is 0 Å². The van der Waals surface area contributed by atoms with E-state index in [1.807, 2.05) is 0 Å². The van der Waals surface area contributed by atoms with Crippen LogP contribution in [-0.2, 0) is 4.79 Å². The summed E-state index contributed by atoms with van der Waals surface area (Å²) in [6.07, 6.45) is 4.91. The highest BCUT2D eigenvalue weighted by atomic mass is 16.4. The molecule has 2 N–H and O–H groups in total. The fraction of sp³-hybridized carbons (Fsp3) is 0.333. The average Bonchev–Trinajstić information content (AvgIpc) is 3.13. The molecule has 4 nitrogen and oxygen atoms in total. The van der Waals surface area contributed by atoms with E-state index < -0.39 is 5.97 Å². The van der Waals surface area contributed by atoms with Crippen molar-refractivity contribution in [2.75, 3.05) is 6.54 Å². The third-order valence-electron chi connectivity index (χ3n) is 3.37. The monoisotopic (exact) mass is 259 g/mol. The largest absolute Gasteiger partial charge is 0.478 e. The van der Waals surface area contributed by atoms with Gasteiger partial charge in [0.15, 0.2) is 0 Å². The van der Waals surface area contributed by atoms with Crippen LogP contribution in [0.2, 0.25) is 0 Å². The van der Waals surface area contributed by atoms with Gasteiger partial charge in [-0.1, -0.05) is 19.1 Å². The fourth-order valence-corrected chi connectivity index (χ4v) is 1.70. The zero-order chi connectivity index (χ0) is 13.9. The highest BCUT2D eigenvalue weighted by Gasteiger charge is 2.37. The second-order valence-electron chi connectivity index (χ2n) is 5.29. The van der Waals surface area contributed by atoms with Crippen molar-refractivity contribution in [3.8, 4) is 0 Å². The maximum Gasteiger partial charge on any atom is 0.328 e. The first kappa shape index (κ1) is 13.3. The molecule has 2 rings (SSSR count). The maximum atomic E-state index is 11.9. The van der Waals surface area contributed by atoms with Gasteiger partial charge in [-0.15, -0.1) is 0 Å². The van der Waals surface area contributed by atoms with Crippen molar-refractivity contribution >= 4 is 18.0 Å². The molecular formula is C15H17NO3. The fourth-order valence-electron chi connectivity index (χ4n) is 1.70. The van der Waals surface area contributed by atoms with E-state index in [9.17, 15) is 9.59 Å². The molecule has 0 saturated heterocycles. The molecule has 0 atom stereocenters. The van der Waals surface area contributed by atoms with Crippen LogP contribution in [0.5, 0.6) is 0 Å². The minimum Gasteiger partial charge on any atom is -0.478 e. The van der Waals surface area contributed by atoms with Crippen LogP contribution in [0, 0.1) is 5.41 Å². The summed E-state index contributed by atoms with van der Waals surface area (Å²) in [6, 6.07) is 6.86. The third-order valence-corrected chi connectivity index (χ3v) is 3.37. The molecule has 0 bridgehead atoms. The lowest BCUT2D eigenvalue weighted by atomic mass is 10.1. The Balaban J connectivity index is 1.93. The summed E-state index contributed by atoms with van der Waals surface area (Å²) in [5.41, 5.74) is 1.64. The highest BCUT2D eigenvalue weighted by molar-refractivity contribution is 5.94. The van der Waals surface area contributed by atoms with Gasteiger partial charge < -0.3 is 10.4 Å². The van der Waals surface area contributed by atoms with Gasteiger partial charge in [0.2, 0.25) is 0 Å². The van der Waals surface area contributed by atoms with Crippen molar-refractivity contribution < 1.29 is 14.7 Å². The summed E-state index contributed by atoms with van der Waals surface area (Å²) < 4.78 is 0. The topological polar surface area (TPSA) is 66.4 Å². The van der Waals surface area contributed by atoms with Gasteiger partial charge in [-0.2, -0.15) is 0 Å². The van der Waals surface area contributed by atoms with Gasteiger partial charge in [0, 0.05) is 18.2 Å². The summed E-state index contributed by atoms with van der Waals surface area (Å²) in [6.45, 7) is 2.87. The summed E-state index contributed by atoms with van der Waals surface area (Å²) in [5.74, 6) is -1.07. The molecule has 1 aliphatic rings. The summed E-state index contributed by atoms with van der Waals surface area (Å²) >= 11 is 0. The summed E-state index contributed by atoms with van der Waals surface area (Å²) in [7, 11) is 0. The van der Waals surface area contributed by atoms with Crippen molar-refractivity contribution in [2.24, 2.45) is 5.41 Å². The molecule has 1 saturated carbocycles. The Labute approximate surface area is 112 Å². The van der Waals surface area contributed by atoms with Gasteiger partial charge in [0.25, 0.3) is 5.91 Å². The first-order valence-electron chi connectivity index (χ1n) is 6.28. The molecule has 1 aromatic carbocycles. The summed E-state index contributed by atoms with van der Waals surface area (Å²) in [5, 5.41) is 11.4. The number of benzene rings is 1. The molecule has 0 spiro atoms. The van der Waals surface area contributed by atoms with E-state index in [4.69, 9.17) is 5.11 Å². The predicted molar refractivity (Wildman–Crippen MR) is 72.8 cm³/mol. The van der Waals surface area contributed by atoms with Gasteiger partial charge in [-0.05, 0) is 42.0 Å².